The third-order valence-electron chi connectivity index (χ3n) is 7.09. The number of hydrogen-bond donors (Lipinski definition) is 2. The van der Waals surface area contributed by atoms with Crippen molar-refractivity contribution in [1.29, 1.82) is 0 Å². The molecule has 10 nitrogen and oxygen atoms in total. The van der Waals surface area contributed by atoms with E-state index >= 15 is 8.78 Å². The predicted molar refractivity (Wildman–Crippen MR) is 162 cm³/mol. The molecule has 43 heavy (non-hydrogen) atoms. The molecule has 1 fully saturated rings. The number of carbonyl (C=O) groups is 1. The number of pyridine rings is 2. The standard InChI is InChI=1S/C30H35F2N5O5Si/c1-30(16-41-17-30)15-35-29(38)36-20-11-22(31)27(23(32)12-20)42-24-7-8-33-28-26(24)21(19-5-6-25(39-2)34-13-19)14-37(28)18-40-9-10-43(3)4/h5-8,11-14,43H,9-10,15-18H2,1-4H3,(H2,35,36,38). The maximum atomic E-state index is 15.3. The van der Waals surface area contributed by atoms with E-state index in [1.165, 1.54) is 13.3 Å². The summed E-state index contributed by atoms with van der Waals surface area (Å²) in [5, 5.41) is 5.71. The van der Waals surface area contributed by atoms with E-state index in [0.29, 0.717) is 48.8 Å². The van der Waals surface area contributed by atoms with E-state index in [9.17, 15) is 4.79 Å². The van der Waals surface area contributed by atoms with Crippen LogP contribution in [-0.4, -0.2) is 62.8 Å². The van der Waals surface area contributed by atoms with Gasteiger partial charge in [0.25, 0.3) is 0 Å². The van der Waals surface area contributed by atoms with Crippen LogP contribution in [0.4, 0.5) is 19.3 Å². The summed E-state index contributed by atoms with van der Waals surface area (Å²) in [6.07, 6.45) is 5.01. The minimum atomic E-state index is -0.979. The first-order chi connectivity index (χ1) is 20.7. The van der Waals surface area contributed by atoms with Crippen LogP contribution in [0.2, 0.25) is 19.1 Å². The van der Waals surface area contributed by atoms with Gasteiger partial charge in [-0.1, -0.05) is 20.0 Å². The Balaban J connectivity index is 1.42. The lowest BCUT2D eigenvalue weighted by molar-refractivity contribution is -0.0974. The maximum absolute atomic E-state index is 15.3. The quantitative estimate of drug-likeness (QED) is 0.154. The maximum Gasteiger partial charge on any atom is 0.319 e. The van der Waals surface area contributed by atoms with E-state index in [2.05, 4.69) is 33.7 Å². The van der Waals surface area contributed by atoms with Gasteiger partial charge in [0.2, 0.25) is 5.88 Å². The Kier molecular flexibility index (Phi) is 9.23. The smallest absolute Gasteiger partial charge is 0.319 e. The monoisotopic (exact) mass is 611 g/mol. The van der Waals surface area contributed by atoms with Gasteiger partial charge in [0, 0.05) is 81.0 Å². The molecule has 1 aliphatic rings. The Labute approximate surface area is 249 Å². The molecule has 228 valence electrons. The van der Waals surface area contributed by atoms with E-state index in [-0.39, 0.29) is 23.6 Å². The van der Waals surface area contributed by atoms with Crippen molar-refractivity contribution in [2.75, 3.05) is 38.8 Å². The fraction of sp³-hybridized carbons (Fsp3) is 0.367. The summed E-state index contributed by atoms with van der Waals surface area (Å²) in [5.41, 5.74) is 1.74. The van der Waals surface area contributed by atoms with Crippen molar-refractivity contribution < 1.29 is 32.5 Å². The summed E-state index contributed by atoms with van der Waals surface area (Å²) in [6, 6.07) is 7.58. The second-order valence-corrected chi connectivity index (χ2v) is 14.7. The molecule has 4 aromatic rings. The number of aromatic nitrogens is 3. The summed E-state index contributed by atoms with van der Waals surface area (Å²) in [5.74, 6) is -1.93. The number of nitrogens with one attached hydrogen (secondary N) is 2. The molecule has 4 heterocycles. The first-order valence-corrected chi connectivity index (χ1v) is 17.1. The van der Waals surface area contributed by atoms with Crippen LogP contribution in [0.1, 0.15) is 6.92 Å². The third-order valence-corrected chi connectivity index (χ3v) is 8.48. The lowest BCUT2D eigenvalue weighted by atomic mass is 9.89. The average molecular weight is 612 g/mol. The van der Waals surface area contributed by atoms with Gasteiger partial charge in [-0.05, 0) is 18.2 Å². The Hall–Kier alpha value is -4.07. The second kappa shape index (κ2) is 13.1. The van der Waals surface area contributed by atoms with Crippen LogP contribution in [0.15, 0.2) is 48.9 Å². The highest BCUT2D eigenvalue weighted by Gasteiger charge is 2.33. The molecular weight excluding hydrogens is 576 g/mol. The van der Waals surface area contributed by atoms with Crippen molar-refractivity contribution in [2.45, 2.75) is 32.8 Å². The number of urea groups is 1. The van der Waals surface area contributed by atoms with Crippen LogP contribution in [0.5, 0.6) is 17.4 Å². The number of fused-ring (bicyclic) bond motifs is 1. The first-order valence-electron chi connectivity index (χ1n) is 14.0. The fourth-order valence-corrected chi connectivity index (χ4v) is 5.23. The summed E-state index contributed by atoms with van der Waals surface area (Å²) in [6.45, 7) is 8.82. The van der Waals surface area contributed by atoms with E-state index in [4.69, 9.17) is 18.9 Å². The Morgan fingerprint density at radius 1 is 1.16 bits per heavy atom. The zero-order chi connectivity index (χ0) is 30.6. The summed E-state index contributed by atoms with van der Waals surface area (Å²) < 4.78 is 54.5. The van der Waals surface area contributed by atoms with Crippen LogP contribution in [0.3, 0.4) is 0 Å². The molecular formula is C30H35F2N5O5Si. The topological polar surface area (TPSA) is 109 Å². The van der Waals surface area contributed by atoms with Gasteiger partial charge in [-0.15, -0.1) is 0 Å². The van der Waals surface area contributed by atoms with E-state index in [0.717, 1.165) is 23.7 Å². The largest absolute Gasteiger partial charge is 0.481 e. The van der Waals surface area contributed by atoms with Gasteiger partial charge in [0.15, 0.2) is 17.4 Å². The predicted octanol–water partition coefficient (Wildman–Crippen LogP) is 5.80. The molecule has 0 radical (unpaired) electrons. The number of methoxy groups -OCH3 is 1. The molecule has 2 N–H and O–H groups in total. The van der Waals surface area contributed by atoms with Gasteiger partial charge in [0.05, 0.1) is 25.7 Å². The summed E-state index contributed by atoms with van der Waals surface area (Å²) in [4.78, 5) is 21.2. The summed E-state index contributed by atoms with van der Waals surface area (Å²) >= 11 is 0. The molecule has 0 aliphatic carbocycles. The van der Waals surface area contributed by atoms with Gasteiger partial charge in [-0.2, -0.15) is 0 Å². The van der Waals surface area contributed by atoms with Gasteiger partial charge in [0.1, 0.15) is 18.1 Å². The number of hydrogen-bond acceptors (Lipinski definition) is 7. The molecule has 0 spiro atoms. The van der Waals surface area contributed by atoms with Crippen molar-refractivity contribution in [3.8, 4) is 28.5 Å². The Morgan fingerprint density at radius 2 is 1.93 bits per heavy atom. The van der Waals surface area contributed by atoms with Crippen LogP contribution >= 0.6 is 0 Å². The van der Waals surface area contributed by atoms with Crippen molar-refractivity contribution in [3.63, 3.8) is 0 Å². The zero-order valence-electron chi connectivity index (χ0n) is 24.6. The highest BCUT2D eigenvalue weighted by atomic mass is 28.3. The van der Waals surface area contributed by atoms with Crippen LogP contribution < -0.4 is 20.1 Å². The molecule has 0 bridgehead atoms. The van der Waals surface area contributed by atoms with Crippen molar-refractivity contribution in [1.82, 2.24) is 19.9 Å². The molecule has 5 rings (SSSR count). The number of anilines is 1. The number of carbonyl (C=O) groups excluding carboxylic acids is 1. The molecule has 2 amide bonds. The lowest BCUT2D eigenvalue weighted by Gasteiger charge is -2.37. The van der Waals surface area contributed by atoms with Crippen LogP contribution in [0, 0.1) is 17.0 Å². The second-order valence-electron chi connectivity index (χ2n) is 11.3. The molecule has 1 aliphatic heterocycles. The minimum Gasteiger partial charge on any atom is -0.481 e. The van der Waals surface area contributed by atoms with E-state index < -0.39 is 32.2 Å². The highest BCUT2D eigenvalue weighted by molar-refractivity contribution is 6.55. The normalized spacial score (nSPS) is 14.0. The number of benzene rings is 1. The van der Waals surface area contributed by atoms with Crippen molar-refractivity contribution >= 4 is 31.5 Å². The third kappa shape index (κ3) is 7.12. The van der Waals surface area contributed by atoms with Gasteiger partial charge in [-0.25, -0.2) is 23.5 Å². The average Bonchev–Trinajstić information content (AvgIpc) is 3.34. The van der Waals surface area contributed by atoms with Gasteiger partial charge in [-0.3, -0.25) is 0 Å². The molecule has 3 aromatic heterocycles. The highest BCUT2D eigenvalue weighted by Crippen LogP contribution is 2.40. The van der Waals surface area contributed by atoms with E-state index in [1.807, 2.05) is 23.8 Å². The SMILES string of the molecule is COc1ccc(-c2cn(COCC[SiH](C)C)c3nccc(Oc4c(F)cc(NC(=O)NCC5(C)COC5)cc4F)c23)cn1. The number of rotatable bonds is 12. The number of halogens is 2. The number of ether oxygens (including phenoxy) is 4. The van der Waals surface area contributed by atoms with Crippen LogP contribution in [0.25, 0.3) is 22.2 Å². The Morgan fingerprint density at radius 3 is 2.56 bits per heavy atom. The Bertz CT molecular complexity index is 1570. The molecule has 1 aromatic carbocycles. The molecule has 1 saturated heterocycles. The van der Waals surface area contributed by atoms with Crippen molar-refractivity contribution in [3.05, 3.63) is 60.6 Å². The minimum absolute atomic E-state index is 0.0486. The summed E-state index contributed by atoms with van der Waals surface area (Å²) in [7, 11) is 0.760. The molecule has 13 heteroatoms. The molecule has 0 saturated carbocycles. The van der Waals surface area contributed by atoms with Gasteiger partial charge < -0.3 is 34.1 Å². The lowest BCUT2D eigenvalue weighted by Crippen LogP contribution is -2.49. The number of nitrogens with zero attached hydrogens (tertiary/aromatic N) is 3. The van der Waals surface area contributed by atoms with Gasteiger partial charge >= 0.3 is 6.03 Å². The zero-order valence-corrected chi connectivity index (χ0v) is 25.7. The van der Waals surface area contributed by atoms with Crippen LogP contribution in [-0.2, 0) is 16.2 Å². The molecule has 0 unspecified atom stereocenters. The van der Waals surface area contributed by atoms with E-state index in [1.54, 1.807) is 18.3 Å². The number of amides is 2. The van der Waals surface area contributed by atoms with Crippen molar-refractivity contribution in [2.24, 2.45) is 5.41 Å². The first kappa shape index (κ1) is 30.4. The molecule has 0 atom stereocenters. The fourth-order valence-electron chi connectivity index (χ4n) is 4.59.